The van der Waals surface area contributed by atoms with Crippen molar-refractivity contribution in [2.24, 2.45) is 5.84 Å². The molecule has 2 heterocycles. The highest BCUT2D eigenvalue weighted by atomic mass is 79.9. The van der Waals surface area contributed by atoms with E-state index in [2.05, 4.69) is 31.4 Å². The Morgan fingerprint density at radius 2 is 2.24 bits per heavy atom. The lowest BCUT2D eigenvalue weighted by Gasteiger charge is -2.16. The summed E-state index contributed by atoms with van der Waals surface area (Å²) in [6, 6.07) is 5.74. The fraction of sp³-hybridized carbons (Fsp3) is 0.143. The first-order valence-corrected chi connectivity index (χ1v) is 7.53. The molecule has 0 bridgehead atoms. The van der Waals surface area contributed by atoms with Crippen LogP contribution >= 0.6 is 27.5 Å². The predicted octanol–water partition coefficient (Wildman–Crippen LogP) is 2.89. The van der Waals surface area contributed by atoms with Crippen molar-refractivity contribution in [3.63, 3.8) is 0 Å². The second kappa shape index (κ2) is 6.11. The zero-order chi connectivity index (χ0) is 14.8. The van der Waals surface area contributed by atoms with Crippen LogP contribution in [0.15, 0.2) is 47.5 Å². The molecule has 0 amide bonds. The molecule has 0 saturated carbocycles. The van der Waals surface area contributed by atoms with Crippen molar-refractivity contribution < 1.29 is 0 Å². The van der Waals surface area contributed by atoms with Crippen LogP contribution in [0.25, 0.3) is 5.52 Å². The van der Waals surface area contributed by atoms with Crippen molar-refractivity contribution in [2.45, 2.75) is 12.5 Å². The number of nitrogens with two attached hydrogens (primary N) is 1. The van der Waals surface area contributed by atoms with Gasteiger partial charge in [-0.1, -0.05) is 33.6 Å². The van der Waals surface area contributed by atoms with Crippen LogP contribution in [0.4, 0.5) is 0 Å². The van der Waals surface area contributed by atoms with E-state index >= 15 is 0 Å². The molecule has 3 N–H and O–H groups in total. The molecule has 0 radical (unpaired) electrons. The van der Waals surface area contributed by atoms with Gasteiger partial charge in [0.2, 0.25) is 0 Å². The van der Waals surface area contributed by atoms with Gasteiger partial charge in [-0.25, -0.2) is 4.52 Å². The fourth-order valence-electron chi connectivity index (χ4n) is 2.29. The summed E-state index contributed by atoms with van der Waals surface area (Å²) < 4.78 is 2.73. The van der Waals surface area contributed by atoms with Gasteiger partial charge >= 0.3 is 0 Å². The number of fused-ring (bicyclic) bond motifs is 1. The minimum atomic E-state index is -0.0922. The number of nitrogens with zero attached hydrogens (tertiary/aromatic N) is 3. The van der Waals surface area contributed by atoms with E-state index in [4.69, 9.17) is 17.4 Å². The van der Waals surface area contributed by atoms with E-state index in [0.717, 1.165) is 21.1 Å². The molecule has 7 heteroatoms. The average molecular weight is 367 g/mol. The number of halogens is 2. The number of benzene rings is 1. The number of aromatic nitrogens is 3. The van der Waals surface area contributed by atoms with E-state index in [-0.39, 0.29) is 6.04 Å². The van der Waals surface area contributed by atoms with E-state index < -0.39 is 0 Å². The van der Waals surface area contributed by atoms with E-state index in [1.165, 1.54) is 0 Å². The molecule has 2 aromatic heterocycles. The predicted molar refractivity (Wildman–Crippen MR) is 85.9 cm³/mol. The van der Waals surface area contributed by atoms with Gasteiger partial charge in [0.15, 0.2) is 0 Å². The topological polar surface area (TPSA) is 68.2 Å². The van der Waals surface area contributed by atoms with Crippen LogP contribution in [0.3, 0.4) is 0 Å². The monoisotopic (exact) mass is 365 g/mol. The minimum Gasteiger partial charge on any atom is -0.271 e. The second-order valence-electron chi connectivity index (χ2n) is 4.67. The van der Waals surface area contributed by atoms with Crippen molar-refractivity contribution in [1.82, 2.24) is 20.0 Å². The quantitative estimate of drug-likeness (QED) is 0.550. The van der Waals surface area contributed by atoms with Gasteiger partial charge in [-0.15, -0.1) is 0 Å². The molecule has 1 unspecified atom stereocenters. The summed E-state index contributed by atoms with van der Waals surface area (Å²) in [6.45, 7) is 0. The van der Waals surface area contributed by atoms with E-state index in [9.17, 15) is 0 Å². The number of rotatable bonds is 4. The Morgan fingerprint density at radius 1 is 1.38 bits per heavy atom. The van der Waals surface area contributed by atoms with Crippen molar-refractivity contribution in [2.75, 3.05) is 0 Å². The maximum absolute atomic E-state index is 6.28. The molecular formula is C14H13BrClN5. The lowest BCUT2D eigenvalue weighted by atomic mass is 10.0. The third kappa shape index (κ3) is 2.94. The summed E-state index contributed by atoms with van der Waals surface area (Å²) in [5.74, 6) is 5.72. The fourth-order valence-corrected chi connectivity index (χ4v) is 3.04. The first kappa shape index (κ1) is 14.5. The summed E-state index contributed by atoms with van der Waals surface area (Å²) in [5, 5.41) is 5.01. The van der Waals surface area contributed by atoms with E-state index in [1.807, 2.05) is 18.2 Å². The third-order valence-corrected chi connectivity index (χ3v) is 4.22. The molecule has 0 saturated heterocycles. The van der Waals surface area contributed by atoms with Gasteiger partial charge in [-0.05, 0) is 24.1 Å². The van der Waals surface area contributed by atoms with Gasteiger partial charge in [0, 0.05) is 27.5 Å². The van der Waals surface area contributed by atoms with Gasteiger partial charge < -0.3 is 0 Å². The lowest BCUT2D eigenvalue weighted by molar-refractivity contribution is 0.555. The Kier molecular flexibility index (Phi) is 4.21. The molecule has 21 heavy (non-hydrogen) atoms. The highest BCUT2D eigenvalue weighted by molar-refractivity contribution is 9.10. The smallest absolute Gasteiger partial charge is 0.0893 e. The maximum Gasteiger partial charge on any atom is 0.0893 e. The Hall–Kier alpha value is -1.47. The molecule has 0 aliphatic heterocycles. The Balaban J connectivity index is 1.95. The van der Waals surface area contributed by atoms with E-state index in [1.54, 1.807) is 29.3 Å². The lowest BCUT2D eigenvalue weighted by Crippen LogP contribution is -2.29. The molecule has 1 aromatic carbocycles. The van der Waals surface area contributed by atoms with Crippen LogP contribution in [0.2, 0.25) is 5.02 Å². The Labute approximate surface area is 135 Å². The van der Waals surface area contributed by atoms with Crippen molar-refractivity contribution in [1.29, 1.82) is 0 Å². The van der Waals surface area contributed by atoms with Gasteiger partial charge in [-0.2, -0.15) is 5.10 Å². The first-order chi connectivity index (χ1) is 10.2. The molecular weight excluding hydrogens is 354 g/mol. The number of nitrogens with one attached hydrogen (secondary N) is 1. The van der Waals surface area contributed by atoms with Crippen LogP contribution in [-0.4, -0.2) is 14.6 Å². The Morgan fingerprint density at radius 3 is 3.00 bits per heavy atom. The molecule has 0 fully saturated rings. The molecule has 5 nitrogen and oxygen atoms in total. The highest BCUT2D eigenvalue weighted by Crippen LogP contribution is 2.27. The zero-order valence-corrected chi connectivity index (χ0v) is 13.3. The minimum absolute atomic E-state index is 0.0922. The maximum atomic E-state index is 6.28. The van der Waals surface area contributed by atoms with Crippen LogP contribution < -0.4 is 11.3 Å². The molecule has 0 aliphatic carbocycles. The molecule has 108 valence electrons. The summed E-state index contributed by atoms with van der Waals surface area (Å²) in [5.41, 5.74) is 5.77. The van der Waals surface area contributed by atoms with Crippen molar-refractivity contribution in [3.05, 3.63) is 63.6 Å². The summed E-state index contributed by atoms with van der Waals surface area (Å²) in [7, 11) is 0. The van der Waals surface area contributed by atoms with Gasteiger partial charge in [-0.3, -0.25) is 16.3 Å². The highest BCUT2D eigenvalue weighted by Gasteiger charge is 2.17. The number of hydrazine groups is 1. The van der Waals surface area contributed by atoms with Crippen LogP contribution in [-0.2, 0) is 6.42 Å². The van der Waals surface area contributed by atoms with E-state index in [0.29, 0.717) is 11.4 Å². The number of hydrogen-bond donors (Lipinski definition) is 2. The molecule has 1 atom stereocenters. The molecule has 0 aliphatic rings. The van der Waals surface area contributed by atoms with Gasteiger partial charge in [0.05, 0.1) is 24.0 Å². The SMILES string of the molecule is NNC(Cc1ccc(Br)cc1Cl)c1cnn2ccncc12. The van der Waals surface area contributed by atoms with Crippen LogP contribution in [0, 0.1) is 0 Å². The van der Waals surface area contributed by atoms with Crippen molar-refractivity contribution >= 4 is 33.0 Å². The summed E-state index contributed by atoms with van der Waals surface area (Å²) >= 11 is 9.68. The largest absolute Gasteiger partial charge is 0.271 e. The van der Waals surface area contributed by atoms with Gasteiger partial charge in [0.1, 0.15) is 0 Å². The van der Waals surface area contributed by atoms with Crippen molar-refractivity contribution in [3.8, 4) is 0 Å². The second-order valence-corrected chi connectivity index (χ2v) is 5.99. The average Bonchev–Trinajstić information content (AvgIpc) is 2.91. The molecule has 3 aromatic rings. The van der Waals surface area contributed by atoms with Crippen LogP contribution in [0.1, 0.15) is 17.2 Å². The summed E-state index contributed by atoms with van der Waals surface area (Å²) in [6.07, 6.45) is 7.74. The standard InChI is InChI=1S/C14H13BrClN5/c15-10-2-1-9(12(16)6-10)5-13(20-17)11-7-19-21-4-3-18-8-14(11)21/h1-4,6-8,13,20H,5,17H2. The molecule has 0 spiro atoms. The Bertz CT molecular complexity index is 773. The molecule has 3 rings (SSSR count). The number of hydrogen-bond acceptors (Lipinski definition) is 4. The first-order valence-electron chi connectivity index (χ1n) is 6.36. The normalized spacial score (nSPS) is 12.7. The summed E-state index contributed by atoms with van der Waals surface area (Å²) in [4.78, 5) is 4.14. The van der Waals surface area contributed by atoms with Crippen LogP contribution in [0.5, 0.6) is 0 Å². The van der Waals surface area contributed by atoms with Gasteiger partial charge in [0.25, 0.3) is 0 Å². The third-order valence-electron chi connectivity index (χ3n) is 3.37. The zero-order valence-electron chi connectivity index (χ0n) is 11.0.